The van der Waals surface area contributed by atoms with Crippen LogP contribution in [0.4, 0.5) is 5.69 Å². The largest absolute Gasteiger partial charge is 0.465 e. The molecule has 114 valence electrons. The number of amides is 1. The number of hydrogen-bond acceptors (Lipinski definition) is 6. The van der Waals surface area contributed by atoms with E-state index in [0.717, 1.165) is 0 Å². The van der Waals surface area contributed by atoms with Crippen molar-refractivity contribution in [2.45, 2.75) is 0 Å². The molecular weight excluding hydrogens is 290 g/mol. The molecule has 1 aromatic carbocycles. The van der Waals surface area contributed by atoms with Crippen molar-refractivity contribution in [1.82, 2.24) is 0 Å². The SMILES string of the molecule is COC(=O)c1cccc(NC(=O)COC(=O)c2ccco2)c1. The van der Waals surface area contributed by atoms with Crippen LogP contribution in [0.25, 0.3) is 0 Å². The summed E-state index contributed by atoms with van der Waals surface area (Å²) in [6.45, 7) is -0.470. The van der Waals surface area contributed by atoms with E-state index >= 15 is 0 Å². The standard InChI is InChI=1S/C15H13NO6/c1-20-14(18)10-4-2-5-11(8-10)16-13(17)9-22-15(19)12-6-3-7-21-12/h2-8H,9H2,1H3,(H,16,17). The van der Waals surface area contributed by atoms with Gasteiger partial charge >= 0.3 is 11.9 Å². The van der Waals surface area contributed by atoms with Gasteiger partial charge in [-0.1, -0.05) is 6.07 Å². The molecule has 0 aliphatic carbocycles. The van der Waals surface area contributed by atoms with Gasteiger partial charge in [-0.25, -0.2) is 9.59 Å². The molecule has 1 heterocycles. The van der Waals surface area contributed by atoms with Gasteiger partial charge in [-0.3, -0.25) is 4.79 Å². The molecule has 2 aromatic rings. The summed E-state index contributed by atoms with van der Waals surface area (Å²) in [5.74, 6) is -1.77. The molecule has 0 aliphatic heterocycles. The Bertz CT molecular complexity index is 677. The van der Waals surface area contributed by atoms with Gasteiger partial charge in [0.1, 0.15) is 0 Å². The van der Waals surface area contributed by atoms with Crippen molar-refractivity contribution in [3.05, 3.63) is 54.0 Å². The normalized spacial score (nSPS) is 9.86. The summed E-state index contributed by atoms with van der Waals surface area (Å²) in [6, 6.07) is 9.17. The van der Waals surface area contributed by atoms with Crippen LogP contribution in [0.15, 0.2) is 47.1 Å². The molecule has 7 heteroatoms. The summed E-state index contributed by atoms with van der Waals surface area (Å²) < 4.78 is 14.2. The third kappa shape index (κ3) is 3.95. The number of methoxy groups -OCH3 is 1. The minimum atomic E-state index is -0.733. The van der Waals surface area contributed by atoms with Gasteiger partial charge in [0.25, 0.3) is 5.91 Å². The maximum Gasteiger partial charge on any atom is 0.374 e. The lowest BCUT2D eigenvalue weighted by atomic mass is 10.2. The first-order valence-corrected chi connectivity index (χ1v) is 6.29. The van der Waals surface area contributed by atoms with E-state index in [1.54, 1.807) is 18.2 Å². The number of ether oxygens (including phenoxy) is 2. The minimum absolute atomic E-state index is 0.0143. The second-order valence-corrected chi connectivity index (χ2v) is 4.17. The Labute approximate surface area is 125 Å². The molecule has 0 bridgehead atoms. The lowest BCUT2D eigenvalue weighted by Gasteiger charge is -2.07. The Balaban J connectivity index is 1.89. The first kappa shape index (κ1) is 15.3. The summed E-state index contributed by atoms with van der Waals surface area (Å²) >= 11 is 0. The van der Waals surface area contributed by atoms with E-state index < -0.39 is 24.5 Å². The second kappa shape index (κ2) is 7.07. The molecule has 1 N–H and O–H groups in total. The van der Waals surface area contributed by atoms with Crippen molar-refractivity contribution < 1.29 is 28.3 Å². The van der Waals surface area contributed by atoms with Crippen LogP contribution in [0.5, 0.6) is 0 Å². The molecule has 0 spiro atoms. The highest BCUT2D eigenvalue weighted by Crippen LogP contribution is 2.11. The third-order valence-electron chi connectivity index (χ3n) is 2.62. The summed E-state index contributed by atoms with van der Waals surface area (Å²) in [5.41, 5.74) is 0.690. The number of furan rings is 1. The van der Waals surface area contributed by atoms with Crippen molar-refractivity contribution >= 4 is 23.5 Å². The molecule has 22 heavy (non-hydrogen) atoms. The van der Waals surface area contributed by atoms with E-state index in [0.29, 0.717) is 11.3 Å². The number of anilines is 1. The number of esters is 2. The topological polar surface area (TPSA) is 94.8 Å². The summed E-state index contributed by atoms with van der Waals surface area (Å²) in [6.07, 6.45) is 1.33. The van der Waals surface area contributed by atoms with Crippen LogP contribution >= 0.6 is 0 Å². The number of hydrogen-bond donors (Lipinski definition) is 1. The zero-order valence-electron chi connectivity index (χ0n) is 11.7. The van der Waals surface area contributed by atoms with E-state index in [9.17, 15) is 14.4 Å². The number of carbonyl (C=O) groups excluding carboxylic acids is 3. The first-order valence-electron chi connectivity index (χ1n) is 6.29. The fourth-order valence-corrected chi connectivity index (χ4v) is 1.64. The van der Waals surface area contributed by atoms with Crippen LogP contribution in [-0.4, -0.2) is 31.6 Å². The van der Waals surface area contributed by atoms with Gasteiger partial charge in [-0.15, -0.1) is 0 Å². The highest BCUT2D eigenvalue weighted by atomic mass is 16.5. The average molecular weight is 303 g/mol. The van der Waals surface area contributed by atoms with Crippen LogP contribution in [0, 0.1) is 0 Å². The van der Waals surface area contributed by atoms with Crippen LogP contribution in [0.2, 0.25) is 0 Å². The third-order valence-corrected chi connectivity index (χ3v) is 2.62. The van der Waals surface area contributed by atoms with Crippen molar-refractivity contribution in [2.24, 2.45) is 0 Å². The summed E-state index contributed by atoms with van der Waals surface area (Å²) in [4.78, 5) is 34.6. The van der Waals surface area contributed by atoms with Crippen LogP contribution in [0.1, 0.15) is 20.9 Å². The van der Waals surface area contributed by atoms with Crippen molar-refractivity contribution in [1.29, 1.82) is 0 Å². The monoisotopic (exact) mass is 303 g/mol. The summed E-state index contributed by atoms with van der Waals surface area (Å²) in [7, 11) is 1.27. The molecule has 0 atom stereocenters. The fraction of sp³-hybridized carbons (Fsp3) is 0.133. The van der Waals surface area contributed by atoms with E-state index in [2.05, 4.69) is 10.1 Å². The molecule has 7 nitrogen and oxygen atoms in total. The van der Waals surface area contributed by atoms with Gasteiger partial charge in [-0.05, 0) is 30.3 Å². The van der Waals surface area contributed by atoms with E-state index in [1.165, 1.54) is 31.6 Å². The molecule has 0 saturated heterocycles. The zero-order chi connectivity index (χ0) is 15.9. The molecule has 0 saturated carbocycles. The van der Waals surface area contributed by atoms with E-state index in [-0.39, 0.29) is 5.76 Å². The van der Waals surface area contributed by atoms with Crippen LogP contribution in [-0.2, 0) is 14.3 Å². The average Bonchev–Trinajstić information content (AvgIpc) is 3.06. The molecular formula is C15H13NO6. The van der Waals surface area contributed by atoms with Gasteiger partial charge in [0.15, 0.2) is 6.61 Å². The molecule has 0 aliphatic rings. The predicted octanol–water partition coefficient (Wildman–Crippen LogP) is 1.86. The van der Waals surface area contributed by atoms with Gasteiger partial charge in [-0.2, -0.15) is 0 Å². The molecule has 0 radical (unpaired) electrons. The van der Waals surface area contributed by atoms with Crippen LogP contribution < -0.4 is 5.32 Å². The highest BCUT2D eigenvalue weighted by molar-refractivity contribution is 5.96. The minimum Gasteiger partial charge on any atom is -0.465 e. The number of carbonyl (C=O) groups is 3. The smallest absolute Gasteiger partial charge is 0.374 e. The molecule has 1 aromatic heterocycles. The van der Waals surface area contributed by atoms with Crippen LogP contribution in [0.3, 0.4) is 0 Å². The molecule has 2 rings (SSSR count). The fourth-order valence-electron chi connectivity index (χ4n) is 1.64. The Hall–Kier alpha value is -3.09. The number of rotatable bonds is 5. The van der Waals surface area contributed by atoms with E-state index in [4.69, 9.17) is 9.15 Å². The first-order chi connectivity index (χ1) is 10.6. The highest BCUT2D eigenvalue weighted by Gasteiger charge is 2.13. The Kier molecular flexibility index (Phi) is 4.92. The lowest BCUT2D eigenvalue weighted by Crippen LogP contribution is -2.21. The van der Waals surface area contributed by atoms with Crippen molar-refractivity contribution in [3.8, 4) is 0 Å². The number of nitrogens with one attached hydrogen (secondary N) is 1. The molecule has 0 unspecified atom stereocenters. The Morgan fingerprint density at radius 2 is 1.95 bits per heavy atom. The predicted molar refractivity (Wildman–Crippen MR) is 75.4 cm³/mol. The second-order valence-electron chi connectivity index (χ2n) is 4.17. The van der Waals surface area contributed by atoms with Gasteiger partial charge in [0.2, 0.25) is 5.76 Å². The lowest BCUT2D eigenvalue weighted by molar-refractivity contribution is -0.119. The van der Waals surface area contributed by atoms with E-state index in [1.807, 2.05) is 0 Å². The Morgan fingerprint density at radius 3 is 2.64 bits per heavy atom. The number of benzene rings is 1. The van der Waals surface area contributed by atoms with Gasteiger partial charge in [0.05, 0.1) is 18.9 Å². The zero-order valence-corrected chi connectivity index (χ0v) is 11.7. The van der Waals surface area contributed by atoms with Crippen molar-refractivity contribution in [3.63, 3.8) is 0 Å². The Morgan fingerprint density at radius 1 is 1.14 bits per heavy atom. The van der Waals surface area contributed by atoms with Crippen molar-refractivity contribution in [2.75, 3.05) is 19.0 Å². The maximum absolute atomic E-state index is 11.7. The molecule has 1 amide bonds. The summed E-state index contributed by atoms with van der Waals surface area (Å²) in [5, 5.41) is 2.51. The van der Waals surface area contributed by atoms with Gasteiger partial charge < -0.3 is 19.2 Å². The quantitative estimate of drug-likeness (QED) is 0.847. The van der Waals surface area contributed by atoms with Gasteiger partial charge in [0, 0.05) is 5.69 Å². The molecule has 0 fully saturated rings. The maximum atomic E-state index is 11.7.